The van der Waals surface area contributed by atoms with Gasteiger partial charge in [-0.1, -0.05) is 115 Å². The second-order valence-corrected chi connectivity index (χ2v) is 19.9. The fourth-order valence-electron chi connectivity index (χ4n) is 12.3. The molecule has 0 spiro atoms. The van der Waals surface area contributed by atoms with Crippen LogP contribution in [0, 0.1) is 47.3 Å². The normalized spacial score (nSPS) is 44.7. The van der Waals surface area contributed by atoms with Crippen LogP contribution in [0.3, 0.4) is 0 Å². The molecule has 1 heteroatoms. The molecule has 0 bridgehead atoms. The quantitative estimate of drug-likeness (QED) is 0.368. The Bertz CT molecular complexity index is 837. The van der Waals surface area contributed by atoms with Crippen LogP contribution < -0.4 is 0 Å². The Morgan fingerprint density at radius 3 is 1.83 bits per heavy atom. The molecule has 194 valence electrons. The van der Waals surface area contributed by atoms with Crippen LogP contribution in [0.5, 0.6) is 0 Å². The smallest absolute Gasteiger partial charge is 0.0546 e. The molecule has 10 unspecified atom stereocenters. The predicted octanol–water partition coefficient (Wildman–Crippen LogP) is 10.3. The van der Waals surface area contributed by atoms with E-state index in [1.54, 1.807) is 50.5 Å². The van der Waals surface area contributed by atoms with Gasteiger partial charge in [0.05, 0.1) is 8.07 Å². The van der Waals surface area contributed by atoms with Gasteiger partial charge >= 0.3 is 0 Å². The van der Waals surface area contributed by atoms with Crippen LogP contribution in [0.25, 0.3) is 0 Å². The molecule has 0 nitrogen and oxygen atoms in total. The van der Waals surface area contributed by atoms with Crippen molar-refractivity contribution in [2.45, 2.75) is 127 Å². The summed E-state index contributed by atoms with van der Waals surface area (Å²) in [5.74, 6) is 9.15. The lowest BCUT2D eigenvalue weighted by molar-refractivity contribution is 0.0977. The minimum absolute atomic E-state index is 0.839. The molecule has 0 heterocycles. The lowest BCUT2D eigenvalue weighted by Gasteiger charge is -2.49. The van der Waals surface area contributed by atoms with Crippen LogP contribution in [-0.4, -0.2) is 8.07 Å². The Hall–Kier alpha value is -0.563. The van der Waals surface area contributed by atoms with Gasteiger partial charge in [0, 0.05) is 0 Å². The summed E-state index contributed by atoms with van der Waals surface area (Å²) in [7, 11) is -1.39. The summed E-state index contributed by atoms with van der Waals surface area (Å²) in [4.78, 5) is 0. The van der Waals surface area contributed by atoms with Crippen molar-refractivity contribution in [3.05, 3.63) is 35.9 Å². The number of hydrogen-bond acceptors (Lipinski definition) is 0. The Labute approximate surface area is 218 Å². The first kappa shape index (κ1) is 24.8. The van der Waals surface area contributed by atoms with E-state index in [1.165, 1.54) is 38.5 Å². The summed E-state index contributed by atoms with van der Waals surface area (Å²) in [5, 5.41) is 0. The SMILES string of the molecule is CC1CC2C(c3ccccc3)CCCC2C1[Si](C)(C)C1C(C)CC2C(C3CCCCC3)CCCC21. The third kappa shape index (κ3) is 4.32. The minimum Gasteiger partial charge on any atom is -0.0689 e. The summed E-state index contributed by atoms with van der Waals surface area (Å²) in [6, 6.07) is 11.7. The van der Waals surface area contributed by atoms with E-state index in [-0.39, 0.29) is 0 Å². The highest BCUT2D eigenvalue weighted by molar-refractivity contribution is 6.80. The average molecular weight is 491 g/mol. The average Bonchev–Trinajstić information content (AvgIpc) is 3.41. The van der Waals surface area contributed by atoms with Crippen molar-refractivity contribution in [1.29, 1.82) is 0 Å². The lowest BCUT2D eigenvalue weighted by Crippen LogP contribution is -2.47. The van der Waals surface area contributed by atoms with Crippen molar-refractivity contribution in [2.75, 3.05) is 0 Å². The van der Waals surface area contributed by atoms with E-state index in [0.29, 0.717) is 0 Å². The van der Waals surface area contributed by atoms with E-state index < -0.39 is 8.07 Å². The first-order valence-corrected chi connectivity index (χ1v) is 19.2. The summed E-state index contributed by atoms with van der Waals surface area (Å²) in [6.45, 7) is 11.2. The van der Waals surface area contributed by atoms with Crippen molar-refractivity contribution in [2.24, 2.45) is 47.3 Å². The Morgan fingerprint density at radius 2 is 1.14 bits per heavy atom. The van der Waals surface area contributed by atoms with Crippen LogP contribution in [0.1, 0.15) is 109 Å². The maximum Gasteiger partial charge on any atom is 0.0546 e. The van der Waals surface area contributed by atoms with Gasteiger partial charge in [0.15, 0.2) is 0 Å². The van der Waals surface area contributed by atoms with Gasteiger partial charge in [-0.3, -0.25) is 0 Å². The van der Waals surface area contributed by atoms with Crippen LogP contribution in [0.15, 0.2) is 30.3 Å². The predicted molar refractivity (Wildman–Crippen MR) is 153 cm³/mol. The molecule has 1 aromatic rings. The highest BCUT2D eigenvalue weighted by atomic mass is 28.3. The third-order valence-electron chi connectivity index (χ3n) is 12.9. The summed E-state index contributed by atoms with van der Waals surface area (Å²) in [6.07, 6.45) is 20.0. The molecule has 35 heavy (non-hydrogen) atoms. The number of fused-ring (bicyclic) bond motifs is 2. The fraction of sp³-hybridized carbons (Fsp3) is 0.824. The third-order valence-corrected chi connectivity index (χ3v) is 18.4. The van der Waals surface area contributed by atoms with Crippen LogP contribution in [0.4, 0.5) is 0 Å². The Kier molecular flexibility index (Phi) is 7.04. The molecule has 0 radical (unpaired) electrons. The fourth-order valence-corrected chi connectivity index (χ4v) is 18.9. The number of hydrogen-bond donors (Lipinski definition) is 0. The van der Waals surface area contributed by atoms with Crippen LogP contribution in [0.2, 0.25) is 24.2 Å². The molecule has 0 aliphatic heterocycles. The molecule has 5 saturated carbocycles. The standard InChI is InChI=1S/C34H54Si/c1-23-21-31-27(25-13-7-5-8-14-25)17-11-19-29(31)33(23)35(3,4)34-24(2)22-32-28(18-12-20-30(32)34)26-15-9-6-10-16-26/h5,7-8,13-14,23-24,26-34H,6,9-12,15-22H2,1-4H3. The van der Waals surface area contributed by atoms with Crippen molar-refractivity contribution >= 4 is 8.07 Å². The van der Waals surface area contributed by atoms with Gasteiger partial charge in [-0.15, -0.1) is 0 Å². The van der Waals surface area contributed by atoms with Gasteiger partial charge in [0.1, 0.15) is 0 Å². The monoisotopic (exact) mass is 490 g/mol. The molecule has 5 aliphatic carbocycles. The molecule has 0 amide bonds. The van der Waals surface area contributed by atoms with Crippen molar-refractivity contribution < 1.29 is 0 Å². The molecular weight excluding hydrogens is 436 g/mol. The second-order valence-electron chi connectivity index (χ2n) is 14.9. The number of benzene rings is 1. The van der Waals surface area contributed by atoms with Gasteiger partial charge < -0.3 is 0 Å². The topological polar surface area (TPSA) is 0 Å². The second kappa shape index (κ2) is 9.96. The molecule has 5 fully saturated rings. The van der Waals surface area contributed by atoms with E-state index in [2.05, 4.69) is 57.3 Å². The van der Waals surface area contributed by atoms with E-state index in [4.69, 9.17) is 0 Å². The maximum atomic E-state index is 2.91. The van der Waals surface area contributed by atoms with Gasteiger partial charge in [-0.2, -0.15) is 0 Å². The zero-order valence-electron chi connectivity index (χ0n) is 23.4. The summed E-state index contributed by atoms with van der Waals surface area (Å²) in [5.41, 5.74) is 3.83. The summed E-state index contributed by atoms with van der Waals surface area (Å²) >= 11 is 0. The molecule has 10 atom stereocenters. The Morgan fingerprint density at radius 1 is 0.571 bits per heavy atom. The molecular formula is C34H54Si. The van der Waals surface area contributed by atoms with Crippen LogP contribution >= 0.6 is 0 Å². The van der Waals surface area contributed by atoms with E-state index in [0.717, 1.165) is 64.3 Å². The van der Waals surface area contributed by atoms with E-state index in [9.17, 15) is 0 Å². The highest BCUT2D eigenvalue weighted by Gasteiger charge is 2.59. The van der Waals surface area contributed by atoms with Crippen molar-refractivity contribution in [3.8, 4) is 0 Å². The zero-order chi connectivity index (χ0) is 24.2. The maximum absolute atomic E-state index is 2.91. The molecule has 5 aliphatic rings. The molecule has 6 rings (SSSR count). The Balaban J connectivity index is 1.25. The molecule has 0 saturated heterocycles. The van der Waals surface area contributed by atoms with E-state index in [1.807, 2.05) is 0 Å². The number of rotatable bonds is 4. The van der Waals surface area contributed by atoms with Gasteiger partial charge in [0.2, 0.25) is 0 Å². The molecule has 0 N–H and O–H groups in total. The van der Waals surface area contributed by atoms with Gasteiger partial charge in [-0.05, 0) is 95.6 Å². The molecule has 1 aromatic carbocycles. The zero-order valence-corrected chi connectivity index (χ0v) is 24.4. The van der Waals surface area contributed by atoms with Gasteiger partial charge in [0.25, 0.3) is 0 Å². The first-order valence-electron chi connectivity index (χ1n) is 16.0. The first-order chi connectivity index (χ1) is 17.0. The van der Waals surface area contributed by atoms with Crippen molar-refractivity contribution in [1.82, 2.24) is 0 Å². The minimum atomic E-state index is -1.39. The van der Waals surface area contributed by atoms with Crippen LogP contribution in [-0.2, 0) is 0 Å². The molecule has 0 aromatic heterocycles. The van der Waals surface area contributed by atoms with Gasteiger partial charge in [-0.25, -0.2) is 0 Å². The largest absolute Gasteiger partial charge is 0.0689 e. The van der Waals surface area contributed by atoms with Crippen molar-refractivity contribution in [3.63, 3.8) is 0 Å². The highest BCUT2D eigenvalue weighted by Crippen LogP contribution is 2.67. The van der Waals surface area contributed by atoms with E-state index >= 15 is 0 Å². The lowest BCUT2D eigenvalue weighted by atomic mass is 9.65. The summed E-state index contributed by atoms with van der Waals surface area (Å²) < 4.78 is 0.